The van der Waals surface area contributed by atoms with Crippen molar-refractivity contribution >= 4 is 11.7 Å². The van der Waals surface area contributed by atoms with Gasteiger partial charge in [-0.1, -0.05) is 30.3 Å². The van der Waals surface area contributed by atoms with E-state index in [9.17, 15) is 4.79 Å². The van der Waals surface area contributed by atoms with Gasteiger partial charge < -0.3 is 10.1 Å². The Hall–Kier alpha value is -4.72. The van der Waals surface area contributed by atoms with Crippen molar-refractivity contribution in [3.05, 3.63) is 109 Å². The van der Waals surface area contributed by atoms with Gasteiger partial charge in [0.05, 0.1) is 18.4 Å². The number of ether oxygens (including phenoxy) is 1. The third-order valence-corrected chi connectivity index (χ3v) is 5.60. The number of rotatable bonds is 8. The Bertz CT molecular complexity index is 1430. The summed E-state index contributed by atoms with van der Waals surface area (Å²) in [5.74, 6) is 0.816. The smallest absolute Gasteiger partial charge is 0.260 e. The van der Waals surface area contributed by atoms with Crippen LogP contribution in [0, 0.1) is 0 Å². The van der Waals surface area contributed by atoms with Gasteiger partial charge in [-0.2, -0.15) is 10.2 Å². The number of carbonyl (C=O) groups excluding carboxylic acids is 1. The molecule has 0 aliphatic heterocycles. The molecule has 5 rings (SSSR count). The van der Waals surface area contributed by atoms with Gasteiger partial charge in [0.25, 0.3) is 5.91 Å². The molecule has 0 fully saturated rings. The maximum absolute atomic E-state index is 13.4. The standard InChI is InChI=1S/C27H24N6O2/c1-35-24-10-6-5-9-22(24)26-23(19-33(31-26)21-7-3-2-4-8-21)27(34)29-25-14-18-32(30-25)17-13-20-11-15-28-16-12-20/h2-12,14-16,18-19H,13,17H2,1H3,(H,29,30,34). The molecule has 8 nitrogen and oxygen atoms in total. The van der Waals surface area contributed by atoms with Crippen molar-refractivity contribution in [2.75, 3.05) is 12.4 Å². The molecular weight excluding hydrogens is 440 g/mol. The number of anilines is 1. The molecule has 5 aromatic rings. The number of methoxy groups -OCH3 is 1. The summed E-state index contributed by atoms with van der Waals surface area (Å²) in [4.78, 5) is 17.4. The Kier molecular flexibility index (Phi) is 6.34. The molecule has 1 amide bonds. The first-order valence-corrected chi connectivity index (χ1v) is 11.2. The number of carbonyl (C=O) groups is 1. The number of pyridine rings is 1. The maximum Gasteiger partial charge on any atom is 0.260 e. The molecule has 174 valence electrons. The van der Waals surface area contributed by atoms with E-state index >= 15 is 0 Å². The summed E-state index contributed by atoms with van der Waals surface area (Å²) in [6, 6.07) is 22.9. The number of aryl methyl sites for hydroxylation is 2. The van der Waals surface area contributed by atoms with Gasteiger partial charge in [0.1, 0.15) is 11.4 Å². The minimum Gasteiger partial charge on any atom is -0.496 e. The zero-order valence-corrected chi connectivity index (χ0v) is 19.2. The van der Waals surface area contributed by atoms with Gasteiger partial charge in [-0.25, -0.2) is 4.68 Å². The molecule has 0 saturated carbocycles. The van der Waals surface area contributed by atoms with Crippen LogP contribution in [0.25, 0.3) is 16.9 Å². The Morgan fingerprint density at radius 1 is 0.943 bits per heavy atom. The van der Waals surface area contributed by atoms with Crippen LogP contribution in [0.3, 0.4) is 0 Å². The molecule has 3 heterocycles. The van der Waals surface area contributed by atoms with Crippen molar-refractivity contribution in [1.82, 2.24) is 24.5 Å². The highest BCUT2D eigenvalue weighted by Gasteiger charge is 2.21. The number of nitrogens with zero attached hydrogens (tertiary/aromatic N) is 5. The second kappa shape index (κ2) is 10.0. The highest BCUT2D eigenvalue weighted by Crippen LogP contribution is 2.32. The van der Waals surface area contributed by atoms with E-state index in [4.69, 9.17) is 9.84 Å². The van der Waals surface area contributed by atoms with E-state index in [0.717, 1.165) is 17.7 Å². The summed E-state index contributed by atoms with van der Waals surface area (Å²) >= 11 is 0. The molecule has 0 spiro atoms. The molecule has 1 N–H and O–H groups in total. The average Bonchev–Trinajstić information content (AvgIpc) is 3.56. The Balaban J connectivity index is 1.41. The summed E-state index contributed by atoms with van der Waals surface area (Å²) in [6.07, 6.45) is 7.95. The summed E-state index contributed by atoms with van der Waals surface area (Å²) in [6.45, 7) is 0.693. The van der Waals surface area contributed by atoms with Crippen molar-refractivity contribution in [3.63, 3.8) is 0 Å². The summed E-state index contributed by atoms with van der Waals surface area (Å²) < 4.78 is 9.04. The second-order valence-corrected chi connectivity index (χ2v) is 7.90. The zero-order chi connectivity index (χ0) is 24.0. The monoisotopic (exact) mass is 464 g/mol. The number of aromatic nitrogens is 5. The maximum atomic E-state index is 13.4. The van der Waals surface area contributed by atoms with Gasteiger partial charge in [-0.05, 0) is 48.4 Å². The summed E-state index contributed by atoms with van der Waals surface area (Å²) in [5, 5.41) is 12.2. The van der Waals surface area contributed by atoms with Crippen molar-refractivity contribution < 1.29 is 9.53 Å². The van der Waals surface area contributed by atoms with Gasteiger partial charge in [-0.3, -0.25) is 14.5 Å². The zero-order valence-electron chi connectivity index (χ0n) is 19.2. The van der Waals surface area contributed by atoms with Crippen LogP contribution in [0.4, 0.5) is 5.82 Å². The highest BCUT2D eigenvalue weighted by molar-refractivity contribution is 6.08. The Morgan fingerprint density at radius 2 is 1.71 bits per heavy atom. The topological polar surface area (TPSA) is 86.9 Å². The SMILES string of the molecule is COc1ccccc1-c1nn(-c2ccccc2)cc1C(=O)Nc1ccn(CCc2ccncc2)n1. The molecule has 0 saturated heterocycles. The molecule has 0 atom stereocenters. The summed E-state index contributed by atoms with van der Waals surface area (Å²) in [7, 11) is 1.60. The van der Waals surface area contributed by atoms with E-state index in [2.05, 4.69) is 15.4 Å². The fraction of sp³-hybridized carbons (Fsp3) is 0.111. The highest BCUT2D eigenvalue weighted by atomic mass is 16.5. The predicted octanol–water partition coefficient (Wildman–Crippen LogP) is 4.63. The molecule has 0 aliphatic carbocycles. The van der Waals surface area contributed by atoms with Crippen LogP contribution in [0.2, 0.25) is 0 Å². The van der Waals surface area contributed by atoms with E-state index in [-0.39, 0.29) is 5.91 Å². The Morgan fingerprint density at radius 3 is 2.51 bits per heavy atom. The molecule has 8 heteroatoms. The quantitative estimate of drug-likeness (QED) is 0.362. The van der Waals surface area contributed by atoms with Crippen LogP contribution in [-0.4, -0.2) is 37.6 Å². The van der Waals surface area contributed by atoms with Gasteiger partial charge in [0, 0.05) is 43.0 Å². The second-order valence-electron chi connectivity index (χ2n) is 7.90. The number of hydrogen-bond acceptors (Lipinski definition) is 5. The summed E-state index contributed by atoms with van der Waals surface area (Å²) in [5.41, 5.74) is 3.71. The number of benzene rings is 2. The fourth-order valence-electron chi connectivity index (χ4n) is 3.82. The minimum absolute atomic E-state index is 0.299. The fourth-order valence-corrected chi connectivity index (χ4v) is 3.82. The van der Waals surface area contributed by atoms with E-state index in [1.807, 2.05) is 77.6 Å². The van der Waals surface area contributed by atoms with E-state index in [1.54, 1.807) is 36.4 Å². The van der Waals surface area contributed by atoms with Crippen LogP contribution in [0.1, 0.15) is 15.9 Å². The molecular formula is C27H24N6O2. The number of hydrogen-bond donors (Lipinski definition) is 1. The van der Waals surface area contributed by atoms with Crippen molar-refractivity contribution in [3.8, 4) is 22.7 Å². The minimum atomic E-state index is -0.299. The lowest BCUT2D eigenvalue weighted by Crippen LogP contribution is -2.13. The lowest BCUT2D eigenvalue weighted by molar-refractivity contribution is 0.102. The van der Waals surface area contributed by atoms with Crippen LogP contribution >= 0.6 is 0 Å². The van der Waals surface area contributed by atoms with E-state index in [1.165, 1.54) is 5.56 Å². The van der Waals surface area contributed by atoms with E-state index in [0.29, 0.717) is 29.4 Å². The van der Waals surface area contributed by atoms with Gasteiger partial charge in [0.2, 0.25) is 0 Å². The molecule has 3 aromatic heterocycles. The lowest BCUT2D eigenvalue weighted by atomic mass is 10.1. The van der Waals surface area contributed by atoms with Crippen molar-refractivity contribution in [1.29, 1.82) is 0 Å². The van der Waals surface area contributed by atoms with Crippen molar-refractivity contribution in [2.45, 2.75) is 13.0 Å². The van der Waals surface area contributed by atoms with E-state index < -0.39 is 0 Å². The predicted molar refractivity (Wildman–Crippen MR) is 134 cm³/mol. The lowest BCUT2D eigenvalue weighted by Gasteiger charge is -2.08. The number of para-hydroxylation sites is 2. The molecule has 0 aliphatic rings. The normalized spacial score (nSPS) is 10.8. The molecule has 0 radical (unpaired) electrons. The third kappa shape index (κ3) is 4.96. The van der Waals surface area contributed by atoms with Crippen molar-refractivity contribution in [2.24, 2.45) is 0 Å². The average molecular weight is 465 g/mol. The number of nitrogens with one attached hydrogen (secondary N) is 1. The molecule has 0 unspecified atom stereocenters. The first kappa shape index (κ1) is 22.1. The van der Waals surface area contributed by atoms with Crippen LogP contribution in [0.15, 0.2) is 97.6 Å². The molecule has 2 aromatic carbocycles. The van der Waals surface area contributed by atoms with Crippen LogP contribution < -0.4 is 10.1 Å². The first-order chi connectivity index (χ1) is 17.2. The molecule has 0 bridgehead atoms. The van der Waals surface area contributed by atoms with Gasteiger partial charge >= 0.3 is 0 Å². The largest absolute Gasteiger partial charge is 0.496 e. The van der Waals surface area contributed by atoms with Crippen LogP contribution in [0.5, 0.6) is 5.75 Å². The molecule has 35 heavy (non-hydrogen) atoms. The number of amides is 1. The van der Waals surface area contributed by atoms with Crippen LogP contribution in [-0.2, 0) is 13.0 Å². The third-order valence-electron chi connectivity index (χ3n) is 5.60. The Labute approximate surface area is 202 Å². The first-order valence-electron chi connectivity index (χ1n) is 11.2. The van der Waals surface area contributed by atoms with Gasteiger partial charge in [0.15, 0.2) is 5.82 Å². The van der Waals surface area contributed by atoms with Gasteiger partial charge in [-0.15, -0.1) is 0 Å².